The molecule has 0 aromatic carbocycles. The number of carbonyl (C=O) groups excluding carboxylic acids is 2. The number of aryl methyl sites for hydroxylation is 2. The maximum atomic E-state index is 12.8. The molecule has 6 heteroatoms. The maximum Gasteiger partial charge on any atom is 0.311 e. The first-order valence-corrected chi connectivity index (χ1v) is 8.73. The van der Waals surface area contributed by atoms with Crippen molar-refractivity contribution >= 4 is 11.9 Å². The lowest BCUT2D eigenvalue weighted by atomic mass is 9.84. The predicted molar refractivity (Wildman–Crippen MR) is 89.4 cm³/mol. The minimum absolute atomic E-state index is 0.0272. The summed E-state index contributed by atoms with van der Waals surface area (Å²) in [6.07, 6.45) is 3.17. The van der Waals surface area contributed by atoms with Crippen molar-refractivity contribution in [2.75, 3.05) is 7.11 Å². The van der Waals surface area contributed by atoms with Gasteiger partial charge in [-0.1, -0.05) is 0 Å². The normalized spacial score (nSPS) is 29.5. The Labute approximate surface area is 142 Å². The molecule has 2 aliphatic rings. The highest BCUT2D eigenvalue weighted by Crippen LogP contribution is 2.49. The van der Waals surface area contributed by atoms with Gasteiger partial charge in [0.1, 0.15) is 0 Å². The zero-order chi connectivity index (χ0) is 17.6. The zero-order valence-corrected chi connectivity index (χ0v) is 15.1. The Morgan fingerprint density at radius 1 is 1.29 bits per heavy atom. The Morgan fingerprint density at radius 2 is 1.96 bits per heavy atom. The highest BCUT2D eigenvalue weighted by Gasteiger charge is 2.52. The molecule has 2 bridgehead atoms. The number of esters is 1. The molecule has 0 spiro atoms. The minimum Gasteiger partial charge on any atom is -0.469 e. The van der Waals surface area contributed by atoms with Crippen LogP contribution in [-0.4, -0.2) is 34.8 Å². The minimum atomic E-state index is -0.281. The van der Waals surface area contributed by atoms with Crippen LogP contribution in [0.15, 0.2) is 0 Å². The average molecular weight is 333 g/mol. The van der Waals surface area contributed by atoms with Crippen LogP contribution in [0.5, 0.6) is 0 Å². The van der Waals surface area contributed by atoms with Crippen molar-refractivity contribution in [2.24, 2.45) is 24.8 Å². The monoisotopic (exact) mass is 333 g/mol. The molecule has 2 aliphatic carbocycles. The number of carbonyl (C=O) groups is 2. The fourth-order valence-electron chi connectivity index (χ4n) is 4.81. The van der Waals surface area contributed by atoms with E-state index in [9.17, 15) is 9.59 Å². The molecule has 1 N–H and O–H groups in total. The van der Waals surface area contributed by atoms with Crippen LogP contribution < -0.4 is 5.32 Å². The Bertz CT molecular complexity index is 667. The summed E-state index contributed by atoms with van der Waals surface area (Å²) in [7, 11) is 3.32. The quantitative estimate of drug-likeness (QED) is 0.854. The van der Waals surface area contributed by atoms with Gasteiger partial charge in [-0.3, -0.25) is 14.3 Å². The maximum absolute atomic E-state index is 12.8. The third-order valence-corrected chi connectivity index (χ3v) is 6.09. The summed E-state index contributed by atoms with van der Waals surface area (Å²) < 4.78 is 6.79. The summed E-state index contributed by atoms with van der Waals surface area (Å²) in [5.41, 5.74) is 2.87. The van der Waals surface area contributed by atoms with Crippen LogP contribution in [-0.2, 0) is 21.4 Å². The zero-order valence-electron chi connectivity index (χ0n) is 15.1. The largest absolute Gasteiger partial charge is 0.469 e. The lowest BCUT2D eigenvalue weighted by molar-refractivity contribution is -0.148. The number of methoxy groups -OCH3 is 1. The van der Waals surface area contributed by atoms with E-state index in [1.165, 1.54) is 7.11 Å². The van der Waals surface area contributed by atoms with Crippen molar-refractivity contribution < 1.29 is 14.3 Å². The molecule has 0 saturated heterocycles. The fourth-order valence-corrected chi connectivity index (χ4v) is 4.81. The van der Waals surface area contributed by atoms with Gasteiger partial charge in [0, 0.05) is 24.3 Å². The number of amides is 1. The molecule has 24 heavy (non-hydrogen) atoms. The number of hydrogen-bond donors (Lipinski definition) is 1. The highest BCUT2D eigenvalue weighted by atomic mass is 16.5. The van der Waals surface area contributed by atoms with E-state index in [-0.39, 0.29) is 29.8 Å². The lowest BCUT2D eigenvalue weighted by Crippen LogP contribution is -2.48. The van der Waals surface area contributed by atoms with Crippen LogP contribution in [0, 0.1) is 31.6 Å². The van der Waals surface area contributed by atoms with E-state index in [1.54, 1.807) is 0 Å². The van der Waals surface area contributed by atoms with E-state index >= 15 is 0 Å². The molecule has 6 nitrogen and oxygen atoms in total. The van der Waals surface area contributed by atoms with Gasteiger partial charge in [0.2, 0.25) is 5.91 Å². The Kier molecular flexibility index (Phi) is 4.40. The van der Waals surface area contributed by atoms with Crippen LogP contribution in [0.2, 0.25) is 0 Å². The van der Waals surface area contributed by atoms with E-state index in [1.807, 2.05) is 32.5 Å². The molecule has 1 amide bonds. The number of hydrogen-bond acceptors (Lipinski definition) is 4. The first kappa shape index (κ1) is 17.0. The number of ether oxygens (including phenoxy) is 1. The van der Waals surface area contributed by atoms with E-state index in [4.69, 9.17) is 4.74 Å². The second-order valence-corrected chi connectivity index (χ2v) is 7.35. The molecule has 5 atom stereocenters. The molecular weight excluding hydrogens is 306 g/mol. The van der Waals surface area contributed by atoms with Crippen molar-refractivity contribution in [1.82, 2.24) is 15.1 Å². The van der Waals surface area contributed by atoms with Crippen LogP contribution in [0.25, 0.3) is 0 Å². The van der Waals surface area contributed by atoms with Gasteiger partial charge in [0.05, 0.1) is 24.6 Å². The fraction of sp³-hybridized carbons (Fsp3) is 0.722. The number of fused-ring (bicyclic) bond motifs is 2. The van der Waals surface area contributed by atoms with E-state index in [0.29, 0.717) is 11.8 Å². The van der Waals surface area contributed by atoms with E-state index in [2.05, 4.69) is 10.4 Å². The average Bonchev–Trinajstić information content (AvgIpc) is 3.21. The Morgan fingerprint density at radius 3 is 2.54 bits per heavy atom. The van der Waals surface area contributed by atoms with Gasteiger partial charge in [0.15, 0.2) is 0 Å². The lowest BCUT2D eigenvalue weighted by Gasteiger charge is -2.30. The van der Waals surface area contributed by atoms with Crippen molar-refractivity contribution in [2.45, 2.75) is 52.0 Å². The third-order valence-electron chi connectivity index (χ3n) is 6.09. The van der Waals surface area contributed by atoms with Gasteiger partial charge in [-0.15, -0.1) is 0 Å². The van der Waals surface area contributed by atoms with Crippen LogP contribution >= 0.6 is 0 Å². The predicted octanol–water partition coefficient (Wildman–Crippen LogP) is 1.84. The number of nitrogens with one attached hydrogen (secondary N) is 1. The van der Waals surface area contributed by atoms with Gasteiger partial charge >= 0.3 is 5.97 Å². The second kappa shape index (κ2) is 6.22. The molecule has 0 unspecified atom stereocenters. The van der Waals surface area contributed by atoms with Crippen molar-refractivity contribution in [1.29, 1.82) is 0 Å². The standard InChI is InChI=1S/C18H27N3O3/c1-9(14-10(2)20-21(4)11(14)3)17(22)19-16-13-7-6-12(8-13)15(16)18(23)24-5/h9,12-13,15-16H,6-8H2,1-5H3,(H,19,22)/t9-,12+,13+,15-,16-/m1/s1. The van der Waals surface area contributed by atoms with E-state index < -0.39 is 0 Å². The molecule has 1 aromatic rings. The molecular formula is C18H27N3O3. The molecule has 0 radical (unpaired) electrons. The van der Waals surface area contributed by atoms with Crippen LogP contribution in [0.4, 0.5) is 0 Å². The molecule has 3 rings (SSSR count). The number of nitrogens with zero attached hydrogens (tertiary/aromatic N) is 2. The molecule has 2 fully saturated rings. The number of rotatable bonds is 4. The van der Waals surface area contributed by atoms with Gasteiger partial charge in [-0.05, 0) is 51.9 Å². The highest BCUT2D eigenvalue weighted by molar-refractivity contribution is 5.85. The van der Waals surface area contributed by atoms with Crippen LogP contribution in [0.3, 0.4) is 0 Å². The molecule has 0 aliphatic heterocycles. The SMILES string of the molecule is COC(=O)[C@@H]1[C@H]2CC[C@@H](C2)[C@H]1NC(=O)[C@H](C)c1c(C)nn(C)c1C. The number of aromatic nitrogens is 2. The van der Waals surface area contributed by atoms with Crippen LogP contribution in [0.1, 0.15) is 49.1 Å². The first-order valence-electron chi connectivity index (χ1n) is 8.73. The summed E-state index contributed by atoms with van der Waals surface area (Å²) >= 11 is 0. The molecule has 1 aromatic heterocycles. The van der Waals surface area contributed by atoms with E-state index in [0.717, 1.165) is 36.2 Å². The summed E-state index contributed by atoms with van der Waals surface area (Å²) in [6.45, 7) is 5.82. The summed E-state index contributed by atoms with van der Waals surface area (Å²) in [5.74, 6) is 0.0583. The third kappa shape index (κ3) is 2.62. The Balaban J connectivity index is 1.77. The van der Waals surface area contributed by atoms with Gasteiger partial charge < -0.3 is 10.1 Å². The summed E-state index contributed by atoms with van der Waals surface area (Å²) in [5, 5.41) is 7.56. The first-order chi connectivity index (χ1) is 11.3. The van der Waals surface area contributed by atoms with Crippen molar-refractivity contribution in [3.05, 3.63) is 17.0 Å². The molecule has 2 saturated carbocycles. The van der Waals surface area contributed by atoms with Gasteiger partial charge in [-0.25, -0.2) is 0 Å². The smallest absolute Gasteiger partial charge is 0.311 e. The van der Waals surface area contributed by atoms with Crippen molar-refractivity contribution in [3.63, 3.8) is 0 Å². The second-order valence-electron chi connectivity index (χ2n) is 7.35. The topological polar surface area (TPSA) is 73.2 Å². The molecule has 1 heterocycles. The summed E-state index contributed by atoms with van der Waals surface area (Å²) in [6, 6.07) is -0.0940. The summed E-state index contributed by atoms with van der Waals surface area (Å²) in [4.78, 5) is 25.0. The van der Waals surface area contributed by atoms with Gasteiger partial charge in [0.25, 0.3) is 0 Å². The Hall–Kier alpha value is -1.85. The van der Waals surface area contributed by atoms with Gasteiger partial charge in [-0.2, -0.15) is 5.10 Å². The molecule has 132 valence electrons. The van der Waals surface area contributed by atoms with Crippen molar-refractivity contribution in [3.8, 4) is 0 Å².